The summed E-state index contributed by atoms with van der Waals surface area (Å²) in [6.45, 7) is 0. The van der Waals surface area contributed by atoms with Crippen LogP contribution in [0, 0.1) is 10.1 Å². The highest BCUT2D eigenvalue weighted by Gasteiger charge is 2.27. The van der Waals surface area contributed by atoms with Crippen LogP contribution in [0.25, 0.3) is 5.70 Å². The minimum absolute atomic E-state index is 0.275. The topological polar surface area (TPSA) is 72.6 Å². The van der Waals surface area contributed by atoms with Gasteiger partial charge in [-0.1, -0.05) is 23.7 Å². The average Bonchev–Trinajstić information content (AvgIpc) is 2.47. The Morgan fingerprint density at radius 1 is 1.24 bits per heavy atom. The molecule has 21 heavy (non-hydrogen) atoms. The van der Waals surface area contributed by atoms with Gasteiger partial charge in [-0.25, -0.2) is 4.99 Å². The zero-order valence-corrected chi connectivity index (χ0v) is 11.4. The van der Waals surface area contributed by atoms with Crippen LogP contribution in [-0.4, -0.2) is 22.5 Å². The summed E-state index contributed by atoms with van der Waals surface area (Å²) in [4.78, 5) is 26.9. The number of nitrogens with zero attached hydrogens (tertiary/aromatic N) is 2. The van der Waals surface area contributed by atoms with E-state index in [1.807, 2.05) is 0 Å². The molecule has 5 nitrogen and oxygen atoms in total. The first-order valence-electron chi connectivity index (χ1n) is 6.19. The van der Waals surface area contributed by atoms with Gasteiger partial charge in [0.2, 0.25) is 0 Å². The lowest BCUT2D eigenvalue weighted by Gasteiger charge is -2.16. The van der Waals surface area contributed by atoms with E-state index < -0.39 is 11.0 Å². The molecule has 0 spiro atoms. The molecule has 0 bridgehead atoms. The number of nitro groups is 1. The maximum Gasteiger partial charge on any atom is 0.250 e. The molecule has 1 heterocycles. The van der Waals surface area contributed by atoms with Crippen LogP contribution in [0.5, 0.6) is 0 Å². The molecule has 0 saturated carbocycles. The molecule has 3 rings (SSSR count). The number of fused-ring (bicyclic) bond motifs is 1. The van der Waals surface area contributed by atoms with Crippen LogP contribution in [-0.2, 0) is 4.79 Å². The van der Waals surface area contributed by atoms with Gasteiger partial charge in [0.15, 0.2) is 5.78 Å². The summed E-state index contributed by atoms with van der Waals surface area (Å²) in [5.74, 6) is -0.277. The van der Waals surface area contributed by atoms with Crippen molar-refractivity contribution in [3.63, 3.8) is 0 Å². The molecule has 2 aliphatic rings. The first-order chi connectivity index (χ1) is 10.0. The minimum Gasteiger partial charge on any atom is -0.289 e. The fraction of sp³-hybridized carbons (Fsp3) is 0.0667. The molecule has 0 radical (unpaired) electrons. The van der Waals surface area contributed by atoms with Gasteiger partial charge in [-0.3, -0.25) is 14.9 Å². The van der Waals surface area contributed by atoms with Crippen LogP contribution in [0.4, 0.5) is 0 Å². The smallest absolute Gasteiger partial charge is 0.250 e. The summed E-state index contributed by atoms with van der Waals surface area (Å²) in [5.41, 5.74) is 2.01. The third-order valence-corrected chi connectivity index (χ3v) is 3.47. The van der Waals surface area contributed by atoms with Gasteiger partial charge in [0.05, 0.1) is 17.0 Å². The van der Waals surface area contributed by atoms with Crippen molar-refractivity contribution in [2.75, 3.05) is 0 Å². The van der Waals surface area contributed by atoms with Crippen molar-refractivity contribution in [1.82, 2.24) is 0 Å². The van der Waals surface area contributed by atoms with E-state index in [0.29, 0.717) is 16.4 Å². The highest BCUT2D eigenvalue weighted by molar-refractivity contribution is 6.34. The number of carbonyl (C=O) groups excluding carboxylic acids is 1. The first kappa shape index (κ1) is 13.5. The van der Waals surface area contributed by atoms with Crippen LogP contribution in [0.1, 0.15) is 5.56 Å². The van der Waals surface area contributed by atoms with Crippen molar-refractivity contribution in [2.24, 2.45) is 4.99 Å². The number of carbonyl (C=O) groups is 1. The fourth-order valence-corrected chi connectivity index (χ4v) is 2.29. The van der Waals surface area contributed by atoms with Gasteiger partial charge < -0.3 is 0 Å². The lowest BCUT2D eigenvalue weighted by atomic mass is 9.93. The van der Waals surface area contributed by atoms with Crippen LogP contribution < -0.4 is 0 Å². The maximum atomic E-state index is 12.1. The summed E-state index contributed by atoms with van der Waals surface area (Å²) in [5, 5.41) is 11.4. The molecule has 0 aromatic heterocycles. The number of ketones is 1. The van der Waals surface area contributed by atoms with Gasteiger partial charge in [0.1, 0.15) is 0 Å². The van der Waals surface area contributed by atoms with E-state index in [1.165, 1.54) is 24.3 Å². The number of aliphatic imine (C=N–C) groups is 1. The second-order valence-corrected chi connectivity index (χ2v) is 5.05. The highest BCUT2D eigenvalue weighted by Crippen LogP contribution is 2.26. The van der Waals surface area contributed by atoms with Crippen LogP contribution in [0.2, 0.25) is 5.02 Å². The van der Waals surface area contributed by atoms with Crippen molar-refractivity contribution in [3.8, 4) is 0 Å². The number of hydrogen-bond acceptors (Lipinski definition) is 4. The molecule has 104 valence electrons. The third-order valence-electron chi connectivity index (χ3n) is 3.22. The maximum absolute atomic E-state index is 12.1. The van der Waals surface area contributed by atoms with Gasteiger partial charge in [-0.15, -0.1) is 0 Å². The van der Waals surface area contributed by atoms with Crippen molar-refractivity contribution in [3.05, 3.63) is 74.8 Å². The molecule has 0 fully saturated rings. The predicted octanol–water partition coefficient (Wildman–Crippen LogP) is 2.85. The van der Waals surface area contributed by atoms with Crippen molar-refractivity contribution in [2.45, 2.75) is 6.04 Å². The Labute approximate surface area is 125 Å². The normalized spacial score (nSPS) is 20.3. The molecule has 0 amide bonds. The molecule has 6 heteroatoms. The van der Waals surface area contributed by atoms with Crippen LogP contribution >= 0.6 is 11.6 Å². The molecule has 1 aromatic rings. The highest BCUT2D eigenvalue weighted by atomic mass is 35.5. The molecule has 1 atom stereocenters. The monoisotopic (exact) mass is 300 g/mol. The SMILES string of the molecule is O=C1C=C(c2ccc(Cl)cc2)N=C2C=CC([N+](=O)[O-])C=C12. The summed E-state index contributed by atoms with van der Waals surface area (Å²) in [6, 6.07) is 5.99. The lowest BCUT2D eigenvalue weighted by molar-refractivity contribution is -0.496. The summed E-state index contributed by atoms with van der Waals surface area (Å²) in [6.07, 6.45) is 5.65. The van der Waals surface area contributed by atoms with Crippen molar-refractivity contribution in [1.29, 1.82) is 0 Å². The van der Waals surface area contributed by atoms with E-state index in [-0.39, 0.29) is 11.4 Å². The molecule has 0 N–H and O–H groups in total. The average molecular weight is 301 g/mol. The number of benzene rings is 1. The third kappa shape index (κ3) is 2.55. The zero-order chi connectivity index (χ0) is 15.0. The second kappa shape index (κ2) is 5.10. The minimum atomic E-state index is -0.978. The van der Waals surface area contributed by atoms with Gasteiger partial charge in [-0.2, -0.15) is 0 Å². The summed E-state index contributed by atoms with van der Waals surface area (Å²) in [7, 11) is 0. The Balaban J connectivity index is 1.99. The summed E-state index contributed by atoms with van der Waals surface area (Å²) >= 11 is 5.83. The van der Waals surface area contributed by atoms with E-state index in [4.69, 9.17) is 11.6 Å². The number of hydrogen-bond donors (Lipinski definition) is 0. The van der Waals surface area contributed by atoms with Crippen LogP contribution in [0.15, 0.2) is 59.1 Å². The van der Waals surface area contributed by atoms with Gasteiger partial charge in [-0.05, 0) is 24.3 Å². The van der Waals surface area contributed by atoms with E-state index in [1.54, 1.807) is 24.3 Å². The molecule has 0 saturated heterocycles. The molecule has 1 aliphatic carbocycles. The number of halogens is 1. The standard InChI is InChI=1S/C15H9ClN2O3/c16-10-3-1-9(2-4-10)14-8-15(19)12-7-11(18(20)21)5-6-13(12)17-14/h1-8,11H. The fourth-order valence-electron chi connectivity index (χ4n) is 2.16. The Bertz CT molecular complexity index is 758. The lowest BCUT2D eigenvalue weighted by Crippen LogP contribution is -2.24. The Hall–Kier alpha value is -2.53. The number of allylic oxidation sites excluding steroid dienone is 3. The van der Waals surface area contributed by atoms with Gasteiger partial charge in [0, 0.05) is 27.7 Å². The van der Waals surface area contributed by atoms with Gasteiger partial charge >= 0.3 is 0 Å². The van der Waals surface area contributed by atoms with Crippen molar-refractivity contribution < 1.29 is 9.72 Å². The molecule has 1 aromatic carbocycles. The largest absolute Gasteiger partial charge is 0.289 e. The van der Waals surface area contributed by atoms with Crippen LogP contribution in [0.3, 0.4) is 0 Å². The second-order valence-electron chi connectivity index (χ2n) is 4.61. The molecular formula is C15H9ClN2O3. The molecule has 1 aliphatic heterocycles. The van der Waals surface area contributed by atoms with E-state index in [9.17, 15) is 14.9 Å². The molecule has 1 unspecified atom stereocenters. The zero-order valence-electron chi connectivity index (χ0n) is 10.7. The Morgan fingerprint density at radius 3 is 2.62 bits per heavy atom. The Kier molecular flexibility index (Phi) is 3.27. The van der Waals surface area contributed by atoms with E-state index >= 15 is 0 Å². The Morgan fingerprint density at radius 2 is 1.95 bits per heavy atom. The van der Waals surface area contributed by atoms with E-state index in [0.717, 1.165) is 5.56 Å². The summed E-state index contributed by atoms with van der Waals surface area (Å²) < 4.78 is 0. The number of rotatable bonds is 2. The van der Waals surface area contributed by atoms with Crippen molar-refractivity contribution >= 4 is 28.8 Å². The molecular weight excluding hydrogens is 292 g/mol. The van der Waals surface area contributed by atoms with Gasteiger partial charge in [0.25, 0.3) is 6.04 Å². The van der Waals surface area contributed by atoms with E-state index in [2.05, 4.69) is 4.99 Å². The predicted molar refractivity (Wildman–Crippen MR) is 79.9 cm³/mol. The quantitative estimate of drug-likeness (QED) is 0.622. The first-order valence-corrected chi connectivity index (χ1v) is 6.57.